The highest BCUT2D eigenvalue weighted by atomic mass is 32.2. The molecule has 1 rings (SSSR count). The Bertz CT molecular complexity index is 216. The van der Waals surface area contributed by atoms with Crippen molar-refractivity contribution in [3.8, 4) is 0 Å². The van der Waals surface area contributed by atoms with Crippen LogP contribution in [0.5, 0.6) is 0 Å². The molecular formula is C7H14O3S. The Labute approximate surface area is 67.3 Å². The number of hydrogen-bond acceptors (Lipinski definition) is 3. The Morgan fingerprint density at radius 2 is 2.09 bits per heavy atom. The third-order valence-electron chi connectivity index (χ3n) is 2.03. The first-order chi connectivity index (χ1) is 5.05. The van der Waals surface area contributed by atoms with Gasteiger partial charge in [0, 0.05) is 5.75 Å². The molecule has 4 heteroatoms. The van der Waals surface area contributed by atoms with E-state index in [0.29, 0.717) is 0 Å². The van der Waals surface area contributed by atoms with E-state index < -0.39 is 15.9 Å². The molecule has 0 amide bonds. The first kappa shape index (κ1) is 9.00. The van der Waals surface area contributed by atoms with Crippen LogP contribution in [0.3, 0.4) is 0 Å². The Balaban J connectivity index is 2.40. The number of rotatable bonds is 4. The van der Waals surface area contributed by atoms with Crippen molar-refractivity contribution in [1.29, 1.82) is 0 Å². The van der Waals surface area contributed by atoms with Crippen LogP contribution < -0.4 is 0 Å². The first-order valence-corrected chi connectivity index (χ1v) is 5.76. The Hall–Kier alpha value is -0.0900. The highest BCUT2D eigenvalue weighted by Gasteiger charge is 2.32. The second-order valence-corrected chi connectivity index (χ2v) is 5.50. The topological polar surface area (TPSA) is 54.4 Å². The predicted octanol–water partition coefficient (Wildman–Crippen LogP) is 0.192. The van der Waals surface area contributed by atoms with E-state index in [1.54, 1.807) is 6.92 Å². The van der Waals surface area contributed by atoms with Gasteiger partial charge in [-0.3, -0.25) is 0 Å². The smallest absolute Gasteiger partial charge is 0.152 e. The summed E-state index contributed by atoms with van der Waals surface area (Å²) in [6.45, 7) is 1.61. The fourth-order valence-corrected chi connectivity index (χ4v) is 2.02. The zero-order valence-electron chi connectivity index (χ0n) is 6.66. The molecule has 0 unspecified atom stereocenters. The monoisotopic (exact) mass is 178 g/mol. The molecular weight excluding hydrogens is 164 g/mol. The van der Waals surface area contributed by atoms with Crippen LogP contribution in [0.2, 0.25) is 0 Å². The summed E-state index contributed by atoms with van der Waals surface area (Å²) in [5.74, 6) is 0.349. The second kappa shape index (κ2) is 3.11. The minimum Gasteiger partial charge on any atom is -0.392 e. The summed E-state index contributed by atoms with van der Waals surface area (Å²) in [6.07, 6.45) is 1.36. The number of hydrogen-bond donors (Lipinski definition) is 1. The van der Waals surface area contributed by atoms with Gasteiger partial charge in [0.1, 0.15) is 0 Å². The number of aliphatic hydroxyl groups is 1. The lowest BCUT2D eigenvalue weighted by Crippen LogP contribution is -2.23. The largest absolute Gasteiger partial charge is 0.392 e. The van der Waals surface area contributed by atoms with Crippen molar-refractivity contribution in [3.63, 3.8) is 0 Å². The quantitative estimate of drug-likeness (QED) is 0.668. The van der Waals surface area contributed by atoms with Crippen molar-refractivity contribution in [1.82, 2.24) is 0 Å². The summed E-state index contributed by atoms with van der Waals surface area (Å²) in [7, 11) is -2.97. The molecule has 0 radical (unpaired) electrons. The molecule has 11 heavy (non-hydrogen) atoms. The molecule has 1 fully saturated rings. The molecule has 66 valence electrons. The zero-order valence-corrected chi connectivity index (χ0v) is 7.47. The fourth-order valence-electron chi connectivity index (χ4n) is 0.995. The molecule has 0 aromatic carbocycles. The molecule has 0 spiro atoms. The maximum Gasteiger partial charge on any atom is 0.152 e. The average molecular weight is 178 g/mol. The van der Waals surface area contributed by atoms with E-state index in [-0.39, 0.29) is 17.4 Å². The molecule has 1 N–H and O–H groups in total. The Morgan fingerprint density at radius 3 is 2.45 bits per heavy atom. The van der Waals surface area contributed by atoms with Crippen molar-refractivity contribution in [2.75, 3.05) is 11.5 Å². The van der Waals surface area contributed by atoms with Crippen molar-refractivity contribution in [3.05, 3.63) is 0 Å². The van der Waals surface area contributed by atoms with Gasteiger partial charge in [-0.15, -0.1) is 0 Å². The van der Waals surface area contributed by atoms with Crippen molar-refractivity contribution in [2.24, 2.45) is 5.92 Å². The Kier molecular flexibility index (Phi) is 2.54. The normalized spacial score (nSPS) is 21.6. The van der Waals surface area contributed by atoms with Gasteiger partial charge < -0.3 is 5.11 Å². The molecule has 0 bridgehead atoms. The molecule has 1 saturated carbocycles. The number of aliphatic hydroxyl groups excluding tert-OH is 1. The summed E-state index contributed by atoms with van der Waals surface area (Å²) in [4.78, 5) is 0. The van der Waals surface area contributed by atoms with Gasteiger partial charge in [0.2, 0.25) is 0 Å². The summed E-state index contributed by atoms with van der Waals surface area (Å²) in [5, 5.41) is 9.28. The van der Waals surface area contributed by atoms with Crippen molar-refractivity contribution in [2.45, 2.75) is 25.9 Å². The van der Waals surface area contributed by atoms with Gasteiger partial charge in [-0.1, -0.05) is 6.92 Å². The molecule has 0 aromatic heterocycles. The fraction of sp³-hybridized carbons (Fsp3) is 1.00. The lowest BCUT2D eigenvalue weighted by molar-refractivity contribution is 0.174. The van der Waals surface area contributed by atoms with Gasteiger partial charge >= 0.3 is 0 Å². The lowest BCUT2D eigenvalue weighted by atomic mass is 10.3. The van der Waals surface area contributed by atoms with E-state index in [4.69, 9.17) is 0 Å². The third kappa shape index (κ3) is 2.79. The zero-order chi connectivity index (χ0) is 8.48. The summed E-state index contributed by atoms with van der Waals surface area (Å²) < 4.78 is 22.0. The van der Waals surface area contributed by atoms with Crippen LogP contribution in [0.1, 0.15) is 19.8 Å². The molecule has 0 saturated heterocycles. The maximum absolute atomic E-state index is 11.0. The molecule has 0 aliphatic heterocycles. The van der Waals surface area contributed by atoms with Gasteiger partial charge in [-0.2, -0.15) is 0 Å². The van der Waals surface area contributed by atoms with E-state index in [1.165, 1.54) is 0 Å². The first-order valence-electron chi connectivity index (χ1n) is 3.93. The maximum atomic E-state index is 11.0. The van der Waals surface area contributed by atoms with Gasteiger partial charge in [-0.05, 0) is 18.8 Å². The standard InChI is InChI=1S/C7H14O3S/c1-2-11(9,10)5-7(8)6-3-4-6/h6-8H,2-5H2,1H3/t7-/m0/s1. The summed E-state index contributed by atoms with van der Waals surface area (Å²) >= 11 is 0. The summed E-state index contributed by atoms with van der Waals surface area (Å²) in [5.41, 5.74) is 0. The van der Waals surface area contributed by atoms with Gasteiger partial charge in [0.05, 0.1) is 11.9 Å². The van der Waals surface area contributed by atoms with Crippen LogP contribution in [0.15, 0.2) is 0 Å². The minimum atomic E-state index is -2.97. The van der Waals surface area contributed by atoms with E-state index in [1.807, 2.05) is 0 Å². The number of sulfone groups is 1. The average Bonchev–Trinajstić information content (AvgIpc) is 2.67. The van der Waals surface area contributed by atoms with E-state index in [0.717, 1.165) is 12.8 Å². The molecule has 0 heterocycles. The van der Waals surface area contributed by atoms with Crippen molar-refractivity contribution >= 4 is 9.84 Å². The molecule has 3 nitrogen and oxygen atoms in total. The molecule has 1 atom stereocenters. The van der Waals surface area contributed by atoms with E-state index in [2.05, 4.69) is 0 Å². The SMILES string of the molecule is CCS(=O)(=O)C[C@H](O)C1CC1. The van der Waals surface area contributed by atoms with Crippen LogP contribution in [-0.2, 0) is 9.84 Å². The molecule has 0 aromatic rings. The molecule has 1 aliphatic carbocycles. The summed E-state index contributed by atoms with van der Waals surface area (Å²) in [6, 6.07) is 0. The minimum absolute atomic E-state index is 0.0475. The van der Waals surface area contributed by atoms with Gasteiger partial charge in [0.25, 0.3) is 0 Å². The van der Waals surface area contributed by atoms with Crippen LogP contribution >= 0.6 is 0 Å². The van der Waals surface area contributed by atoms with E-state index in [9.17, 15) is 13.5 Å². The van der Waals surface area contributed by atoms with Gasteiger partial charge in [-0.25, -0.2) is 8.42 Å². The Morgan fingerprint density at radius 1 is 1.55 bits per heavy atom. The highest BCUT2D eigenvalue weighted by molar-refractivity contribution is 7.91. The van der Waals surface area contributed by atoms with Crippen LogP contribution in [-0.4, -0.2) is 31.1 Å². The van der Waals surface area contributed by atoms with Crippen LogP contribution in [0.4, 0.5) is 0 Å². The van der Waals surface area contributed by atoms with Crippen molar-refractivity contribution < 1.29 is 13.5 Å². The lowest BCUT2D eigenvalue weighted by Gasteiger charge is -2.07. The van der Waals surface area contributed by atoms with Gasteiger partial charge in [0.15, 0.2) is 9.84 Å². The van der Waals surface area contributed by atoms with Crippen LogP contribution in [0.25, 0.3) is 0 Å². The highest BCUT2D eigenvalue weighted by Crippen LogP contribution is 2.33. The second-order valence-electron chi connectivity index (χ2n) is 3.10. The molecule has 1 aliphatic rings. The third-order valence-corrected chi connectivity index (χ3v) is 3.76. The van der Waals surface area contributed by atoms with Crippen LogP contribution in [0, 0.1) is 5.92 Å². The van der Waals surface area contributed by atoms with E-state index >= 15 is 0 Å². The predicted molar refractivity (Wildman–Crippen MR) is 43.1 cm³/mol.